The summed E-state index contributed by atoms with van der Waals surface area (Å²) in [6, 6.07) is -0.116. The molecule has 1 saturated heterocycles. The van der Waals surface area contributed by atoms with E-state index >= 15 is 0 Å². The number of imidazole rings is 1. The summed E-state index contributed by atoms with van der Waals surface area (Å²) in [6.45, 7) is 10.6. The summed E-state index contributed by atoms with van der Waals surface area (Å²) in [5.41, 5.74) is 0.752. The lowest BCUT2D eigenvalue weighted by Gasteiger charge is -2.27. The van der Waals surface area contributed by atoms with Crippen molar-refractivity contribution in [1.29, 1.82) is 0 Å². The van der Waals surface area contributed by atoms with E-state index < -0.39 is 5.60 Å². The summed E-state index contributed by atoms with van der Waals surface area (Å²) < 4.78 is 7.72. The molecule has 5 nitrogen and oxygen atoms in total. The Bertz CT molecular complexity index is 476. The Morgan fingerprint density at radius 1 is 1.48 bits per heavy atom. The van der Waals surface area contributed by atoms with Crippen LogP contribution in [0.1, 0.15) is 52.7 Å². The monoisotopic (exact) mass is 293 g/mol. The van der Waals surface area contributed by atoms with Gasteiger partial charge >= 0.3 is 5.97 Å². The van der Waals surface area contributed by atoms with E-state index in [-0.39, 0.29) is 12.0 Å². The Kier molecular flexibility index (Phi) is 5.04. The van der Waals surface area contributed by atoms with Crippen molar-refractivity contribution in [2.45, 2.75) is 71.7 Å². The smallest absolute Gasteiger partial charge is 0.323 e. The average Bonchev–Trinajstić information content (AvgIpc) is 2.98. The minimum Gasteiger partial charge on any atom is -0.459 e. The molecule has 0 N–H and O–H groups in total. The second-order valence-electron chi connectivity index (χ2n) is 6.74. The summed E-state index contributed by atoms with van der Waals surface area (Å²) in [5.74, 6) is -0.0958. The second kappa shape index (κ2) is 6.60. The molecule has 1 fully saturated rings. The molecule has 1 aliphatic rings. The van der Waals surface area contributed by atoms with Gasteiger partial charge in [-0.25, -0.2) is 4.98 Å². The first kappa shape index (κ1) is 16.0. The first-order valence-corrected chi connectivity index (χ1v) is 7.86. The standard InChI is InChI=1S/C16H27N3O2/c1-5-8-19-12-17-10-13(19)11-18-9-6-7-14(18)15(20)21-16(2,3)4/h10,12,14H,5-9,11H2,1-4H3/t14-/m1/s1. The van der Waals surface area contributed by atoms with Crippen molar-refractivity contribution in [3.63, 3.8) is 0 Å². The van der Waals surface area contributed by atoms with Crippen LogP contribution in [0.5, 0.6) is 0 Å². The summed E-state index contributed by atoms with van der Waals surface area (Å²) in [7, 11) is 0. The van der Waals surface area contributed by atoms with Crippen LogP contribution in [0.3, 0.4) is 0 Å². The van der Waals surface area contributed by atoms with Gasteiger partial charge in [-0.05, 0) is 46.6 Å². The number of carbonyl (C=O) groups excluding carboxylic acids is 1. The number of aromatic nitrogens is 2. The number of nitrogens with zero attached hydrogens (tertiary/aromatic N) is 3. The zero-order valence-corrected chi connectivity index (χ0v) is 13.6. The molecule has 118 valence electrons. The maximum Gasteiger partial charge on any atom is 0.323 e. The van der Waals surface area contributed by atoms with Gasteiger partial charge in [0.25, 0.3) is 0 Å². The number of esters is 1. The molecule has 1 aromatic rings. The highest BCUT2D eigenvalue weighted by atomic mass is 16.6. The highest BCUT2D eigenvalue weighted by Gasteiger charge is 2.34. The molecule has 2 heterocycles. The van der Waals surface area contributed by atoms with E-state index in [1.165, 1.54) is 5.69 Å². The third kappa shape index (κ3) is 4.30. The van der Waals surface area contributed by atoms with Crippen molar-refractivity contribution in [1.82, 2.24) is 14.5 Å². The van der Waals surface area contributed by atoms with Gasteiger partial charge in [0.1, 0.15) is 11.6 Å². The van der Waals surface area contributed by atoms with E-state index in [9.17, 15) is 4.79 Å². The predicted molar refractivity (Wildman–Crippen MR) is 81.8 cm³/mol. The lowest BCUT2D eigenvalue weighted by Crippen LogP contribution is -2.40. The molecule has 0 amide bonds. The topological polar surface area (TPSA) is 47.4 Å². The van der Waals surface area contributed by atoms with Crippen molar-refractivity contribution in [3.8, 4) is 0 Å². The molecule has 0 aliphatic carbocycles. The normalized spacial score (nSPS) is 19.9. The average molecular weight is 293 g/mol. The van der Waals surface area contributed by atoms with Crippen LogP contribution in [0.15, 0.2) is 12.5 Å². The first-order valence-electron chi connectivity index (χ1n) is 7.86. The van der Waals surface area contributed by atoms with Crippen LogP contribution < -0.4 is 0 Å². The van der Waals surface area contributed by atoms with Crippen LogP contribution >= 0.6 is 0 Å². The zero-order valence-electron chi connectivity index (χ0n) is 13.6. The Labute approximate surface area is 127 Å². The Balaban J connectivity index is 2.01. The molecule has 5 heteroatoms. The van der Waals surface area contributed by atoms with Crippen molar-refractivity contribution < 1.29 is 9.53 Å². The number of aryl methyl sites for hydroxylation is 1. The molecule has 1 atom stereocenters. The fourth-order valence-corrected chi connectivity index (χ4v) is 2.78. The van der Waals surface area contributed by atoms with Gasteiger partial charge in [-0.3, -0.25) is 9.69 Å². The molecule has 0 saturated carbocycles. The molecule has 0 spiro atoms. The highest BCUT2D eigenvalue weighted by molar-refractivity contribution is 5.76. The third-order valence-electron chi connectivity index (χ3n) is 3.67. The van der Waals surface area contributed by atoms with E-state index in [0.717, 1.165) is 38.9 Å². The Morgan fingerprint density at radius 2 is 2.24 bits per heavy atom. The van der Waals surface area contributed by atoms with Gasteiger partial charge in [-0.15, -0.1) is 0 Å². The van der Waals surface area contributed by atoms with Gasteiger partial charge in [-0.2, -0.15) is 0 Å². The lowest BCUT2D eigenvalue weighted by molar-refractivity contribution is -0.160. The summed E-state index contributed by atoms with van der Waals surface area (Å²) in [6.07, 6.45) is 6.79. The number of hydrogen-bond donors (Lipinski definition) is 0. The number of hydrogen-bond acceptors (Lipinski definition) is 4. The van der Waals surface area contributed by atoms with E-state index in [1.807, 2.05) is 33.3 Å². The minimum atomic E-state index is -0.421. The fraction of sp³-hybridized carbons (Fsp3) is 0.750. The van der Waals surface area contributed by atoms with E-state index in [0.29, 0.717) is 0 Å². The predicted octanol–water partition coefficient (Wildman–Crippen LogP) is 2.60. The van der Waals surface area contributed by atoms with Gasteiger partial charge in [0.2, 0.25) is 0 Å². The van der Waals surface area contributed by atoms with Crippen molar-refractivity contribution >= 4 is 5.97 Å². The van der Waals surface area contributed by atoms with Gasteiger partial charge in [0, 0.05) is 19.3 Å². The maximum absolute atomic E-state index is 12.3. The van der Waals surface area contributed by atoms with Crippen LogP contribution in [0, 0.1) is 0 Å². The number of likely N-dealkylation sites (tertiary alicyclic amines) is 1. The van der Waals surface area contributed by atoms with E-state index in [4.69, 9.17) is 4.74 Å². The molecule has 2 rings (SSSR count). The van der Waals surface area contributed by atoms with Crippen LogP contribution in [0.4, 0.5) is 0 Å². The van der Waals surface area contributed by atoms with Gasteiger partial charge in [0.15, 0.2) is 0 Å². The summed E-state index contributed by atoms with van der Waals surface area (Å²) >= 11 is 0. The molecule has 21 heavy (non-hydrogen) atoms. The second-order valence-corrected chi connectivity index (χ2v) is 6.74. The van der Waals surface area contributed by atoms with Crippen molar-refractivity contribution in [3.05, 3.63) is 18.2 Å². The zero-order chi connectivity index (χ0) is 15.5. The SMILES string of the molecule is CCCn1cncc1CN1CCC[C@@H]1C(=O)OC(C)(C)C. The van der Waals surface area contributed by atoms with Crippen molar-refractivity contribution in [2.75, 3.05) is 6.54 Å². The molecule has 0 aromatic carbocycles. The molecular formula is C16H27N3O2. The quantitative estimate of drug-likeness (QED) is 0.783. The maximum atomic E-state index is 12.3. The highest BCUT2D eigenvalue weighted by Crippen LogP contribution is 2.23. The number of rotatable bonds is 5. The molecule has 1 aliphatic heterocycles. The molecule has 0 radical (unpaired) electrons. The summed E-state index contributed by atoms with van der Waals surface area (Å²) in [4.78, 5) is 18.8. The largest absolute Gasteiger partial charge is 0.459 e. The Hall–Kier alpha value is -1.36. The van der Waals surface area contributed by atoms with Crippen molar-refractivity contribution in [2.24, 2.45) is 0 Å². The van der Waals surface area contributed by atoms with Crippen LogP contribution in [0.25, 0.3) is 0 Å². The van der Waals surface area contributed by atoms with E-state index in [2.05, 4.69) is 21.4 Å². The third-order valence-corrected chi connectivity index (χ3v) is 3.67. The van der Waals surface area contributed by atoms with Crippen LogP contribution in [-0.2, 0) is 22.6 Å². The van der Waals surface area contributed by atoms with Gasteiger partial charge < -0.3 is 9.30 Å². The summed E-state index contributed by atoms with van der Waals surface area (Å²) in [5, 5.41) is 0. The Morgan fingerprint density at radius 3 is 2.90 bits per heavy atom. The first-order chi connectivity index (χ1) is 9.90. The van der Waals surface area contributed by atoms with E-state index in [1.54, 1.807) is 0 Å². The lowest BCUT2D eigenvalue weighted by atomic mass is 10.1. The molecule has 0 bridgehead atoms. The number of carbonyl (C=O) groups is 1. The molecular weight excluding hydrogens is 266 g/mol. The van der Waals surface area contributed by atoms with Gasteiger partial charge in [-0.1, -0.05) is 6.92 Å². The number of ether oxygens (including phenoxy) is 1. The van der Waals surface area contributed by atoms with Gasteiger partial charge in [0.05, 0.1) is 12.0 Å². The molecule has 1 aromatic heterocycles. The minimum absolute atomic E-state index is 0.0958. The fourth-order valence-electron chi connectivity index (χ4n) is 2.78. The molecule has 0 unspecified atom stereocenters. The van der Waals surface area contributed by atoms with Crippen LogP contribution in [0.2, 0.25) is 0 Å². The van der Waals surface area contributed by atoms with Crippen LogP contribution in [-0.4, -0.2) is 38.6 Å².